The molecule has 0 unspecified atom stereocenters. The number of nitrogens with zero attached hydrogens (tertiary/aromatic N) is 4. The van der Waals surface area contributed by atoms with E-state index in [1.807, 2.05) is 7.05 Å². The topological polar surface area (TPSA) is 123 Å². The second kappa shape index (κ2) is 8.91. The van der Waals surface area contributed by atoms with Crippen LogP contribution in [0.1, 0.15) is 20.8 Å². The fourth-order valence-corrected chi connectivity index (χ4v) is 3.39. The van der Waals surface area contributed by atoms with Gasteiger partial charge in [-0.2, -0.15) is 9.78 Å². The third-order valence-corrected chi connectivity index (χ3v) is 5.34. The van der Waals surface area contributed by atoms with Gasteiger partial charge in [-0.05, 0) is 35.1 Å². The number of hydrogen-bond acceptors (Lipinski definition) is 7. The number of hydroxylamine groups is 2. The Balaban J connectivity index is 1.83. The highest BCUT2D eigenvalue weighted by Crippen LogP contribution is 2.28. The lowest BCUT2D eigenvalue weighted by atomic mass is 10.2. The molecule has 0 radical (unpaired) electrons. The smallest absolute Gasteiger partial charge is 0.363 e. The minimum absolute atomic E-state index is 0.0656. The predicted molar refractivity (Wildman–Crippen MR) is 109 cm³/mol. The van der Waals surface area contributed by atoms with E-state index in [2.05, 4.69) is 31.2 Å². The molecule has 0 atom stereocenters. The maximum absolute atomic E-state index is 12.6. The van der Waals surface area contributed by atoms with E-state index in [9.17, 15) is 14.4 Å². The van der Waals surface area contributed by atoms with Gasteiger partial charge in [-0.25, -0.2) is 9.59 Å². The predicted octanol–water partition coefficient (Wildman–Crippen LogP) is 1.80. The number of anilines is 1. The van der Waals surface area contributed by atoms with Crippen LogP contribution >= 0.6 is 27.5 Å². The van der Waals surface area contributed by atoms with Crippen molar-refractivity contribution in [1.82, 2.24) is 19.7 Å². The number of hydrogen-bond donors (Lipinski definition) is 2. The Morgan fingerprint density at radius 2 is 1.86 bits per heavy atom. The Morgan fingerprint density at radius 1 is 1.21 bits per heavy atom. The number of likely N-dealkylation sites (N-methyl/N-ethyl adjacent to an activating group) is 1. The zero-order valence-electron chi connectivity index (χ0n) is 15.4. The molecule has 0 spiro atoms. The summed E-state index contributed by atoms with van der Waals surface area (Å²) >= 11 is 9.23. The van der Waals surface area contributed by atoms with Gasteiger partial charge < -0.3 is 20.8 Å². The van der Waals surface area contributed by atoms with Crippen molar-refractivity contribution < 1.29 is 19.2 Å². The van der Waals surface area contributed by atoms with Gasteiger partial charge in [0.2, 0.25) is 0 Å². The molecule has 1 aromatic carbocycles. The lowest BCUT2D eigenvalue weighted by Crippen LogP contribution is -2.45. The third-order valence-electron chi connectivity index (χ3n) is 4.25. The summed E-state index contributed by atoms with van der Waals surface area (Å²) in [5, 5.41) is 8.14. The minimum Gasteiger partial charge on any atom is -0.363 e. The van der Waals surface area contributed by atoms with E-state index in [1.165, 1.54) is 11.1 Å². The van der Waals surface area contributed by atoms with Crippen LogP contribution in [0.3, 0.4) is 0 Å². The summed E-state index contributed by atoms with van der Waals surface area (Å²) in [6.45, 7) is 2.55. The van der Waals surface area contributed by atoms with Crippen molar-refractivity contribution in [2.24, 2.45) is 5.73 Å². The summed E-state index contributed by atoms with van der Waals surface area (Å²) in [6.07, 6.45) is 0. The number of rotatable bonds is 4. The molecule has 10 nitrogen and oxygen atoms in total. The highest BCUT2D eigenvalue weighted by Gasteiger charge is 2.28. The van der Waals surface area contributed by atoms with Gasteiger partial charge in [0.05, 0.1) is 15.1 Å². The van der Waals surface area contributed by atoms with Crippen molar-refractivity contribution in [3.63, 3.8) is 0 Å². The van der Waals surface area contributed by atoms with E-state index in [0.29, 0.717) is 17.8 Å². The van der Waals surface area contributed by atoms with E-state index in [4.69, 9.17) is 22.2 Å². The van der Waals surface area contributed by atoms with Gasteiger partial charge in [-0.15, -0.1) is 5.06 Å². The first-order valence-corrected chi connectivity index (χ1v) is 9.75. The molecule has 29 heavy (non-hydrogen) atoms. The molecule has 1 aliphatic heterocycles. The summed E-state index contributed by atoms with van der Waals surface area (Å²) in [6, 6.07) is 5.39. The maximum atomic E-state index is 12.6. The van der Waals surface area contributed by atoms with Gasteiger partial charge >= 0.3 is 12.0 Å². The van der Waals surface area contributed by atoms with Crippen LogP contribution in [0.5, 0.6) is 0 Å². The number of piperazine rings is 1. The quantitative estimate of drug-likeness (QED) is 0.677. The number of halogens is 2. The van der Waals surface area contributed by atoms with E-state index in [1.54, 1.807) is 18.2 Å². The van der Waals surface area contributed by atoms with Crippen molar-refractivity contribution in [3.05, 3.63) is 45.0 Å². The summed E-state index contributed by atoms with van der Waals surface area (Å²) < 4.78 is 0.773. The highest BCUT2D eigenvalue weighted by molar-refractivity contribution is 9.10. The molecule has 1 fully saturated rings. The van der Waals surface area contributed by atoms with Crippen LogP contribution in [0.15, 0.2) is 28.7 Å². The number of primary amides is 1. The number of aromatic nitrogens is 2. The van der Waals surface area contributed by atoms with Crippen molar-refractivity contribution in [3.8, 4) is 0 Å². The number of amides is 2. The molecule has 3 N–H and O–H groups in total. The average Bonchev–Trinajstić information content (AvgIpc) is 3.00. The van der Waals surface area contributed by atoms with E-state index >= 15 is 0 Å². The Labute approximate surface area is 179 Å². The standard InChI is InChI=1S/C17H18BrClN6O4/c1-23-6-8-24(9-7-23)29-16(27)13-12(18)14(25(22-13)17(20)28)21-15(26)10-4-2-3-5-11(10)19/h2-5H,6-9H2,1H3,(H2,20,28)(H,21,26). The van der Waals surface area contributed by atoms with Gasteiger partial charge in [0.1, 0.15) is 0 Å². The number of benzene rings is 1. The molecular formula is C17H18BrClN6O4. The molecule has 1 aromatic heterocycles. The average molecular weight is 486 g/mol. The van der Waals surface area contributed by atoms with Gasteiger partial charge in [0, 0.05) is 26.2 Å². The maximum Gasteiger partial charge on any atom is 0.379 e. The lowest BCUT2D eigenvalue weighted by molar-refractivity contribution is -0.128. The molecule has 2 aromatic rings. The zero-order valence-corrected chi connectivity index (χ0v) is 17.7. The minimum atomic E-state index is -0.987. The first-order valence-electron chi connectivity index (χ1n) is 8.58. The van der Waals surface area contributed by atoms with Gasteiger partial charge in [0.15, 0.2) is 11.5 Å². The van der Waals surface area contributed by atoms with Crippen LogP contribution in [-0.4, -0.2) is 70.9 Å². The largest absolute Gasteiger partial charge is 0.379 e. The van der Waals surface area contributed by atoms with Crippen LogP contribution in [0.2, 0.25) is 5.02 Å². The lowest BCUT2D eigenvalue weighted by Gasteiger charge is -2.30. The summed E-state index contributed by atoms with van der Waals surface area (Å²) in [5.41, 5.74) is 5.32. The van der Waals surface area contributed by atoms with Crippen LogP contribution in [-0.2, 0) is 4.84 Å². The number of carbonyl (C=O) groups excluding carboxylic acids is 3. The van der Waals surface area contributed by atoms with E-state index in [0.717, 1.165) is 13.1 Å². The van der Waals surface area contributed by atoms with E-state index in [-0.39, 0.29) is 26.6 Å². The van der Waals surface area contributed by atoms with Crippen LogP contribution in [0.4, 0.5) is 10.6 Å². The SMILES string of the molecule is CN1CCN(OC(=O)c2nn(C(N)=O)c(NC(=O)c3ccccc3Cl)c2Br)CC1. The summed E-state index contributed by atoms with van der Waals surface area (Å²) in [4.78, 5) is 44.3. The monoisotopic (exact) mass is 484 g/mol. The Morgan fingerprint density at radius 3 is 2.48 bits per heavy atom. The molecule has 1 saturated heterocycles. The van der Waals surface area contributed by atoms with Crippen molar-refractivity contribution >= 4 is 51.3 Å². The molecule has 12 heteroatoms. The summed E-state index contributed by atoms with van der Waals surface area (Å²) in [5.74, 6) is -1.49. The fourth-order valence-electron chi connectivity index (χ4n) is 2.66. The van der Waals surface area contributed by atoms with Gasteiger partial charge in [-0.3, -0.25) is 4.79 Å². The first kappa shape index (κ1) is 21.2. The molecule has 3 rings (SSSR count). The summed E-state index contributed by atoms with van der Waals surface area (Å²) in [7, 11) is 1.97. The third kappa shape index (κ3) is 4.75. The van der Waals surface area contributed by atoms with Crippen molar-refractivity contribution in [2.75, 3.05) is 38.5 Å². The number of carbonyl (C=O) groups is 3. The van der Waals surface area contributed by atoms with Crippen molar-refractivity contribution in [2.45, 2.75) is 0 Å². The van der Waals surface area contributed by atoms with Gasteiger partial charge in [0.25, 0.3) is 5.91 Å². The van der Waals surface area contributed by atoms with Crippen molar-refractivity contribution in [1.29, 1.82) is 0 Å². The second-order valence-corrected chi connectivity index (χ2v) is 7.51. The zero-order chi connectivity index (χ0) is 21.1. The second-order valence-electron chi connectivity index (χ2n) is 6.31. The molecule has 0 saturated carbocycles. The van der Waals surface area contributed by atoms with E-state index < -0.39 is 17.9 Å². The molecule has 2 heterocycles. The molecule has 0 aliphatic carbocycles. The highest BCUT2D eigenvalue weighted by atomic mass is 79.9. The molecule has 0 bridgehead atoms. The van der Waals surface area contributed by atoms with Crippen LogP contribution < -0.4 is 11.1 Å². The number of nitrogens with two attached hydrogens (primary N) is 1. The first-order chi connectivity index (χ1) is 13.8. The molecule has 1 aliphatic rings. The molecule has 2 amide bonds. The number of nitrogens with one attached hydrogen (secondary N) is 1. The fraction of sp³-hybridized carbons (Fsp3) is 0.294. The normalized spacial score (nSPS) is 15.1. The molecule has 154 valence electrons. The van der Waals surface area contributed by atoms with Gasteiger partial charge in [-0.1, -0.05) is 23.7 Å². The van der Waals surface area contributed by atoms with Crippen LogP contribution in [0, 0.1) is 0 Å². The Hall–Kier alpha value is -2.47. The Kier molecular flexibility index (Phi) is 6.52. The van der Waals surface area contributed by atoms with Crippen LogP contribution in [0.25, 0.3) is 0 Å². The molecular weight excluding hydrogens is 468 g/mol. The Bertz CT molecular complexity index is 957.